The Labute approximate surface area is 133 Å². The number of aromatic nitrogens is 1. The van der Waals surface area contributed by atoms with Crippen molar-refractivity contribution >= 4 is 39.1 Å². The van der Waals surface area contributed by atoms with E-state index in [0.29, 0.717) is 18.0 Å². The zero-order chi connectivity index (χ0) is 15.6. The van der Waals surface area contributed by atoms with Crippen molar-refractivity contribution in [2.75, 3.05) is 6.54 Å². The summed E-state index contributed by atoms with van der Waals surface area (Å²) in [5.41, 5.74) is 6.58. The van der Waals surface area contributed by atoms with Crippen LogP contribution in [0.3, 0.4) is 0 Å². The van der Waals surface area contributed by atoms with E-state index in [-0.39, 0.29) is 11.3 Å². The average molecular weight is 326 g/mol. The van der Waals surface area contributed by atoms with E-state index in [1.807, 2.05) is 39.0 Å². The van der Waals surface area contributed by atoms with Crippen molar-refractivity contribution in [2.45, 2.75) is 33.2 Å². The average Bonchev–Trinajstić information content (AvgIpc) is 2.78. The molecule has 6 heteroatoms. The van der Waals surface area contributed by atoms with E-state index in [1.54, 1.807) is 11.3 Å². The molecule has 2 rings (SSSR count). The lowest BCUT2D eigenvalue weighted by atomic mass is 9.87. The smallest absolute Gasteiger partial charge is 0.237 e. The molecule has 0 aliphatic heterocycles. The second-order valence-electron chi connectivity index (χ2n) is 6.10. The van der Waals surface area contributed by atoms with Crippen molar-refractivity contribution in [3.8, 4) is 0 Å². The Kier molecular flexibility index (Phi) is 4.86. The molecule has 0 fully saturated rings. The zero-order valence-electron chi connectivity index (χ0n) is 12.4. The monoisotopic (exact) mass is 325 g/mol. The molecule has 2 aromatic rings. The molecule has 0 aliphatic carbocycles. The van der Waals surface area contributed by atoms with Crippen LogP contribution in [0.1, 0.15) is 25.8 Å². The van der Waals surface area contributed by atoms with Crippen molar-refractivity contribution in [1.29, 1.82) is 0 Å². The largest absolute Gasteiger partial charge is 0.354 e. The maximum Gasteiger partial charge on any atom is 0.237 e. The highest BCUT2D eigenvalue weighted by Gasteiger charge is 2.26. The summed E-state index contributed by atoms with van der Waals surface area (Å²) in [6.07, 6.45) is 0.694. The molecule has 3 N–H and O–H groups in total. The minimum absolute atomic E-state index is 0.119. The van der Waals surface area contributed by atoms with Gasteiger partial charge in [-0.15, -0.1) is 11.3 Å². The lowest BCUT2D eigenvalue weighted by molar-refractivity contribution is -0.124. The third-order valence-electron chi connectivity index (χ3n) is 3.25. The van der Waals surface area contributed by atoms with Crippen molar-refractivity contribution in [3.05, 3.63) is 28.2 Å². The third-order valence-corrected chi connectivity index (χ3v) is 4.58. The van der Waals surface area contributed by atoms with Crippen molar-refractivity contribution < 1.29 is 4.79 Å². The van der Waals surface area contributed by atoms with Gasteiger partial charge in [-0.1, -0.05) is 32.4 Å². The van der Waals surface area contributed by atoms with Gasteiger partial charge >= 0.3 is 0 Å². The van der Waals surface area contributed by atoms with E-state index in [4.69, 9.17) is 17.3 Å². The fraction of sp³-hybridized carbons (Fsp3) is 0.467. The SMILES string of the molecule is CC(C)(C)[C@H](N)C(=O)NCCc1nc2cc(Cl)ccc2s1. The minimum atomic E-state index is -0.508. The van der Waals surface area contributed by atoms with Crippen LogP contribution in [0.15, 0.2) is 18.2 Å². The summed E-state index contributed by atoms with van der Waals surface area (Å²) >= 11 is 7.56. The van der Waals surface area contributed by atoms with Gasteiger partial charge < -0.3 is 11.1 Å². The first kappa shape index (κ1) is 16.2. The molecule has 114 valence electrons. The van der Waals surface area contributed by atoms with Crippen LogP contribution in [0.25, 0.3) is 10.2 Å². The molecular formula is C15H20ClN3OS. The van der Waals surface area contributed by atoms with Gasteiger partial charge in [0.25, 0.3) is 0 Å². The van der Waals surface area contributed by atoms with E-state index in [9.17, 15) is 4.79 Å². The van der Waals surface area contributed by atoms with Crippen molar-refractivity contribution in [1.82, 2.24) is 10.3 Å². The van der Waals surface area contributed by atoms with Gasteiger partial charge in [0.2, 0.25) is 5.91 Å². The summed E-state index contributed by atoms with van der Waals surface area (Å²) in [5, 5.41) is 4.54. The Hall–Kier alpha value is -1.17. The lowest BCUT2D eigenvalue weighted by Crippen LogP contribution is -2.48. The second-order valence-corrected chi connectivity index (χ2v) is 7.66. The number of carbonyl (C=O) groups excluding carboxylic acids is 1. The first-order chi connectivity index (χ1) is 9.77. The standard InChI is InChI=1S/C15H20ClN3OS/c1-15(2,3)13(17)14(20)18-7-6-12-19-10-8-9(16)4-5-11(10)21-12/h4-5,8,13H,6-7,17H2,1-3H3,(H,18,20)/t13-/m1/s1. The normalized spacial score (nSPS) is 13.4. The number of nitrogens with zero attached hydrogens (tertiary/aromatic N) is 1. The highest BCUT2D eigenvalue weighted by molar-refractivity contribution is 7.18. The third kappa shape index (κ3) is 4.15. The molecular weight excluding hydrogens is 306 g/mol. The number of nitrogens with one attached hydrogen (secondary N) is 1. The highest BCUT2D eigenvalue weighted by Crippen LogP contribution is 2.25. The number of nitrogens with two attached hydrogens (primary N) is 1. The molecule has 0 spiro atoms. The fourth-order valence-electron chi connectivity index (χ4n) is 1.85. The van der Waals surface area contributed by atoms with Crippen molar-refractivity contribution in [3.63, 3.8) is 0 Å². The van der Waals surface area contributed by atoms with Crippen LogP contribution < -0.4 is 11.1 Å². The summed E-state index contributed by atoms with van der Waals surface area (Å²) in [6, 6.07) is 5.17. The number of benzene rings is 1. The summed E-state index contributed by atoms with van der Waals surface area (Å²) in [6.45, 7) is 6.40. The number of amides is 1. The summed E-state index contributed by atoms with van der Waals surface area (Å²) < 4.78 is 1.10. The van der Waals surface area contributed by atoms with Crippen LogP contribution in [0.5, 0.6) is 0 Å². The van der Waals surface area contributed by atoms with Crippen LogP contribution in [0.4, 0.5) is 0 Å². The Morgan fingerprint density at radius 2 is 2.19 bits per heavy atom. The Bertz CT molecular complexity index is 648. The predicted molar refractivity (Wildman–Crippen MR) is 88.8 cm³/mol. The molecule has 0 bridgehead atoms. The van der Waals surface area contributed by atoms with Gasteiger partial charge in [-0.2, -0.15) is 0 Å². The summed E-state index contributed by atoms with van der Waals surface area (Å²) in [7, 11) is 0. The molecule has 1 atom stereocenters. The van der Waals surface area contributed by atoms with Gasteiger partial charge in [0.1, 0.15) is 0 Å². The zero-order valence-corrected chi connectivity index (χ0v) is 14.0. The van der Waals surface area contributed by atoms with Gasteiger partial charge in [0.05, 0.1) is 21.3 Å². The number of halogens is 1. The van der Waals surface area contributed by atoms with Crippen molar-refractivity contribution in [2.24, 2.45) is 11.1 Å². The number of carbonyl (C=O) groups is 1. The molecule has 1 heterocycles. The van der Waals surface area contributed by atoms with E-state index in [0.717, 1.165) is 15.2 Å². The minimum Gasteiger partial charge on any atom is -0.354 e. The first-order valence-electron chi connectivity index (χ1n) is 6.85. The molecule has 0 aliphatic rings. The van der Waals surface area contributed by atoms with Gasteiger partial charge in [-0.3, -0.25) is 4.79 Å². The quantitative estimate of drug-likeness (QED) is 0.908. The molecule has 1 amide bonds. The number of fused-ring (bicyclic) bond motifs is 1. The second kappa shape index (κ2) is 6.30. The lowest BCUT2D eigenvalue weighted by Gasteiger charge is -2.25. The molecule has 1 aromatic carbocycles. The van der Waals surface area contributed by atoms with Crippen LogP contribution in [0, 0.1) is 5.41 Å². The van der Waals surface area contributed by atoms with Gasteiger partial charge in [0, 0.05) is 18.0 Å². The summed E-state index contributed by atoms with van der Waals surface area (Å²) in [5.74, 6) is -0.119. The van der Waals surface area contributed by atoms with Gasteiger partial charge in [0.15, 0.2) is 0 Å². The molecule has 0 unspecified atom stereocenters. The number of rotatable bonds is 4. The fourth-order valence-corrected chi connectivity index (χ4v) is 2.96. The molecule has 0 radical (unpaired) electrons. The molecule has 0 saturated heterocycles. The van der Waals surface area contributed by atoms with Crippen LogP contribution in [-0.2, 0) is 11.2 Å². The molecule has 0 saturated carbocycles. The van der Waals surface area contributed by atoms with E-state index in [1.165, 1.54) is 0 Å². The maximum absolute atomic E-state index is 11.9. The van der Waals surface area contributed by atoms with E-state index >= 15 is 0 Å². The maximum atomic E-state index is 11.9. The number of thiazole rings is 1. The van der Waals surface area contributed by atoms with Crippen LogP contribution in [0.2, 0.25) is 5.02 Å². The summed E-state index contributed by atoms with van der Waals surface area (Å²) in [4.78, 5) is 16.4. The molecule has 1 aromatic heterocycles. The Balaban J connectivity index is 1.92. The van der Waals surface area contributed by atoms with Crippen LogP contribution in [-0.4, -0.2) is 23.5 Å². The topological polar surface area (TPSA) is 68.0 Å². The van der Waals surface area contributed by atoms with Gasteiger partial charge in [-0.05, 0) is 23.6 Å². The number of hydrogen-bond donors (Lipinski definition) is 2. The number of hydrogen-bond acceptors (Lipinski definition) is 4. The molecule has 4 nitrogen and oxygen atoms in total. The van der Waals surface area contributed by atoms with Crippen LogP contribution >= 0.6 is 22.9 Å². The van der Waals surface area contributed by atoms with E-state index < -0.39 is 6.04 Å². The predicted octanol–water partition coefficient (Wildman–Crippen LogP) is 2.98. The first-order valence-corrected chi connectivity index (χ1v) is 8.05. The Morgan fingerprint density at radius 1 is 1.48 bits per heavy atom. The molecule has 21 heavy (non-hydrogen) atoms. The van der Waals surface area contributed by atoms with E-state index in [2.05, 4.69) is 10.3 Å². The highest BCUT2D eigenvalue weighted by atomic mass is 35.5. The van der Waals surface area contributed by atoms with Gasteiger partial charge in [-0.25, -0.2) is 4.98 Å². The Morgan fingerprint density at radius 3 is 2.86 bits per heavy atom.